The summed E-state index contributed by atoms with van der Waals surface area (Å²) in [6, 6.07) is 0. The number of ether oxygens (including phenoxy) is 11. The fourth-order valence-corrected chi connectivity index (χ4v) is 7.14. The van der Waals surface area contributed by atoms with Gasteiger partial charge in [0.25, 0.3) is 0 Å². The second-order valence-corrected chi connectivity index (χ2v) is 14.3. The van der Waals surface area contributed by atoms with Gasteiger partial charge < -0.3 is 63.2 Å². The first-order valence-corrected chi connectivity index (χ1v) is 15.1. The molecule has 0 bridgehead atoms. The number of nitrogens with two attached hydrogens (primary N) is 1. The van der Waals surface area contributed by atoms with E-state index in [9.17, 15) is 9.59 Å². The van der Waals surface area contributed by atoms with Crippen LogP contribution in [0.25, 0.3) is 0 Å². The van der Waals surface area contributed by atoms with Gasteiger partial charge in [0.1, 0.15) is 48.8 Å². The summed E-state index contributed by atoms with van der Waals surface area (Å²) in [6.07, 6.45) is -6.23. The van der Waals surface area contributed by atoms with E-state index in [4.69, 9.17) is 57.8 Å². The highest BCUT2D eigenvalue weighted by Crippen LogP contribution is 2.49. The summed E-state index contributed by atoms with van der Waals surface area (Å²) in [5.74, 6) is -4.90. The van der Waals surface area contributed by atoms with Crippen molar-refractivity contribution in [3.8, 4) is 0 Å². The van der Waals surface area contributed by atoms with Gasteiger partial charge in [0.2, 0.25) is 5.91 Å². The summed E-state index contributed by atoms with van der Waals surface area (Å²) in [5, 5.41) is 2.92. The van der Waals surface area contributed by atoms with Gasteiger partial charge in [0, 0.05) is 0 Å². The van der Waals surface area contributed by atoms with E-state index < -0.39 is 95.3 Å². The lowest BCUT2D eigenvalue weighted by Gasteiger charge is -2.37. The van der Waals surface area contributed by atoms with Crippen LogP contribution >= 0.6 is 0 Å². The summed E-state index contributed by atoms with van der Waals surface area (Å²) >= 11 is 0. The van der Waals surface area contributed by atoms with Crippen molar-refractivity contribution < 1.29 is 61.7 Å². The number of carbonyl (C=O) groups is 2. The number of nitrogens with one attached hydrogen (secondary N) is 1. The fourth-order valence-electron chi connectivity index (χ4n) is 7.14. The highest BCUT2D eigenvalue weighted by molar-refractivity contribution is 5.79. The van der Waals surface area contributed by atoms with Crippen molar-refractivity contribution in [1.29, 1.82) is 0 Å². The first-order valence-electron chi connectivity index (χ1n) is 15.1. The van der Waals surface area contributed by atoms with Crippen LogP contribution in [0.4, 0.5) is 0 Å². The molecule has 15 nitrogen and oxygen atoms in total. The molecule has 0 unspecified atom stereocenters. The fraction of sp³-hybridized carbons (Fsp3) is 0.931. The zero-order valence-corrected chi connectivity index (χ0v) is 26.8. The highest BCUT2D eigenvalue weighted by atomic mass is 16.8. The molecule has 0 radical (unpaired) electrons. The van der Waals surface area contributed by atoms with E-state index in [0.717, 1.165) is 0 Å². The molecule has 6 aliphatic heterocycles. The number of methoxy groups -OCH3 is 1. The van der Waals surface area contributed by atoms with Gasteiger partial charge in [-0.05, 0) is 55.4 Å². The Morgan fingerprint density at radius 2 is 1.16 bits per heavy atom. The molecule has 15 heteroatoms. The molecule has 10 atom stereocenters. The molecule has 0 saturated carbocycles. The van der Waals surface area contributed by atoms with Crippen LogP contribution in [-0.2, 0) is 61.7 Å². The Kier molecular flexibility index (Phi) is 7.74. The second kappa shape index (κ2) is 10.5. The first kappa shape index (κ1) is 32.4. The van der Waals surface area contributed by atoms with Gasteiger partial charge >= 0.3 is 5.97 Å². The second-order valence-electron chi connectivity index (χ2n) is 14.3. The molecule has 6 rings (SSSR count). The molecule has 0 aromatic rings. The molecule has 0 aromatic carbocycles. The minimum absolute atomic E-state index is 0.216. The van der Waals surface area contributed by atoms with Crippen LogP contribution < -0.4 is 11.1 Å². The maximum absolute atomic E-state index is 14.0. The lowest BCUT2D eigenvalue weighted by Crippen LogP contribution is -2.61. The number of rotatable bonds is 7. The number of fused-ring (bicyclic) bond motifs is 2. The molecule has 250 valence electrons. The van der Waals surface area contributed by atoms with E-state index in [0.29, 0.717) is 0 Å². The van der Waals surface area contributed by atoms with Crippen LogP contribution in [0.3, 0.4) is 0 Å². The van der Waals surface area contributed by atoms with Crippen molar-refractivity contribution in [2.45, 2.75) is 152 Å². The SMILES string of the molecule is COC(=O)C[C@]1(NC(=O)C[C@]2(N)O[C@H]([C@H]3COC(C)(C)O3)[C@@H]3OC(C)(C)O[C@@H]32)O[C@H]([C@H]2COC(C)(C)O2)[C@@H]2OC(C)(C)O[C@@H]21. The Balaban J connectivity index is 1.26. The molecule has 44 heavy (non-hydrogen) atoms. The number of carbonyl (C=O) groups excluding carboxylic acids is 2. The summed E-state index contributed by atoms with van der Waals surface area (Å²) in [6.45, 7) is 14.7. The molecule has 0 spiro atoms. The summed E-state index contributed by atoms with van der Waals surface area (Å²) < 4.78 is 66.4. The summed E-state index contributed by atoms with van der Waals surface area (Å²) in [7, 11) is 1.25. The molecule has 6 heterocycles. The van der Waals surface area contributed by atoms with Crippen LogP contribution in [-0.4, -0.2) is 116 Å². The van der Waals surface area contributed by atoms with Crippen molar-refractivity contribution in [2.75, 3.05) is 20.3 Å². The lowest BCUT2D eigenvalue weighted by molar-refractivity contribution is -0.237. The lowest BCUT2D eigenvalue weighted by atomic mass is 9.95. The quantitative estimate of drug-likeness (QED) is 0.373. The van der Waals surface area contributed by atoms with Crippen LogP contribution in [0.5, 0.6) is 0 Å². The molecule has 0 aromatic heterocycles. The molecular weight excluding hydrogens is 584 g/mol. The molecule has 0 aliphatic carbocycles. The van der Waals surface area contributed by atoms with Crippen molar-refractivity contribution >= 4 is 11.9 Å². The molecule has 6 saturated heterocycles. The van der Waals surface area contributed by atoms with Crippen LogP contribution in [0.1, 0.15) is 68.2 Å². The zero-order valence-electron chi connectivity index (χ0n) is 26.8. The Morgan fingerprint density at radius 1 is 0.659 bits per heavy atom. The Morgan fingerprint density at radius 3 is 1.66 bits per heavy atom. The molecule has 6 fully saturated rings. The Hall–Kier alpha value is -1.50. The largest absolute Gasteiger partial charge is 0.469 e. The van der Waals surface area contributed by atoms with Crippen LogP contribution in [0.15, 0.2) is 0 Å². The third kappa shape index (κ3) is 5.90. The van der Waals surface area contributed by atoms with Gasteiger partial charge in [-0.2, -0.15) is 0 Å². The smallest absolute Gasteiger partial charge is 0.310 e. The predicted molar refractivity (Wildman–Crippen MR) is 146 cm³/mol. The van der Waals surface area contributed by atoms with Gasteiger partial charge in [-0.1, -0.05) is 0 Å². The van der Waals surface area contributed by atoms with Gasteiger partial charge in [-0.25, -0.2) is 0 Å². The zero-order chi connectivity index (χ0) is 32.1. The molecule has 3 N–H and O–H groups in total. The molecule has 1 amide bonds. The van der Waals surface area contributed by atoms with Gasteiger partial charge in [-0.15, -0.1) is 0 Å². The standard InChI is InChI=1S/C29H46N2O13/c1-24(2)35-12-14(37-24)18-20-22(43-26(5,6)39-20)28(30,41-18)10-16(32)31-29(11-17(33)34-9)23-21(40-27(7,8)44-23)19(42-29)15-13-36-25(3,4)38-15/h14-15,18-23H,10-13,30H2,1-9H3,(H,31,32)/t14-,15-,18-,19-,20+,21+,22+,23+,28+,29+/m1/s1. The Labute approximate surface area is 256 Å². The summed E-state index contributed by atoms with van der Waals surface area (Å²) in [4.78, 5) is 26.8. The normalized spacial score (nSPS) is 46.1. The van der Waals surface area contributed by atoms with E-state index in [2.05, 4.69) is 5.32 Å². The number of amides is 1. The maximum Gasteiger partial charge on any atom is 0.310 e. The minimum atomic E-state index is -1.68. The van der Waals surface area contributed by atoms with Crippen molar-refractivity contribution in [3.05, 3.63) is 0 Å². The van der Waals surface area contributed by atoms with E-state index in [-0.39, 0.29) is 26.1 Å². The number of hydrogen-bond acceptors (Lipinski definition) is 14. The summed E-state index contributed by atoms with van der Waals surface area (Å²) in [5.41, 5.74) is 3.53. The average Bonchev–Trinajstić information content (AvgIpc) is 3.69. The van der Waals surface area contributed by atoms with Gasteiger partial charge in [0.05, 0.1) is 33.2 Å². The van der Waals surface area contributed by atoms with E-state index in [1.165, 1.54) is 7.11 Å². The molecular formula is C29H46N2O13. The van der Waals surface area contributed by atoms with E-state index in [1.807, 2.05) is 0 Å². The van der Waals surface area contributed by atoms with Crippen molar-refractivity contribution in [3.63, 3.8) is 0 Å². The monoisotopic (exact) mass is 630 g/mol. The number of hydrogen-bond donors (Lipinski definition) is 2. The molecule has 6 aliphatic rings. The third-order valence-corrected chi connectivity index (χ3v) is 8.76. The average molecular weight is 631 g/mol. The third-order valence-electron chi connectivity index (χ3n) is 8.76. The highest BCUT2D eigenvalue weighted by Gasteiger charge is 2.68. The minimum Gasteiger partial charge on any atom is -0.469 e. The van der Waals surface area contributed by atoms with Crippen LogP contribution in [0, 0.1) is 0 Å². The predicted octanol–water partition coefficient (Wildman–Crippen LogP) is 0.548. The van der Waals surface area contributed by atoms with Crippen molar-refractivity contribution in [1.82, 2.24) is 5.32 Å². The number of esters is 1. The van der Waals surface area contributed by atoms with E-state index >= 15 is 0 Å². The Bertz CT molecular complexity index is 1160. The maximum atomic E-state index is 14.0. The van der Waals surface area contributed by atoms with Crippen molar-refractivity contribution in [2.24, 2.45) is 5.73 Å². The first-order chi connectivity index (χ1) is 20.3. The van der Waals surface area contributed by atoms with Gasteiger partial charge in [0.15, 0.2) is 34.6 Å². The van der Waals surface area contributed by atoms with Crippen LogP contribution in [0.2, 0.25) is 0 Å². The topological polar surface area (TPSA) is 174 Å². The van der Waals surface area contributed by atoms with Gasteiger partial charge in [-0.3, -0.25) is 9.59 Å². The van der Waals surface area contributed by atoms with E-state index in [1.54, 1.807) is 55.4 Å².